The number of ether oxygens (including phenoxy) is 1. The lowest BCUT2D eigenvalue weighted by Gasteiger charge is -2.08. The summed E-state index contributed by atoms with van der Waals surface area (Å²) in [5.74, 6) is 0.716. The molecule has 0 unspecified atom stereocenters. The van der Waals surface area contributed by atoms with Crippen LogP contribution < -0.4 is 4.74 Å². The Labute approximate surface area is 77.8 Å². The second-order valence-electron chi connectivity index (χ2n) is 2.65. The van der Waals surface area contributed by atoms with Gasteiger partial charge in [-0.2, -0.15) is 0 Å². The molecule has 0 amide bonds. The molecule has 0 aliphatic carbocycles. The third-order valence-corrected chi connectivity index (χ3v) is 1.95. The van der Waals surface area contributed by atoms with Gasteiger partial charge in [-0.3, -0.25) is 0 Å². The Balaban J connectivity index is 3.12. The number of halogens is 1. The van der Waals surface area contributed by atoms with Crippen molar-refractivity contribution in [2.24, 2.45) is 0 Å². The molecule has 0 aliphatic rings. The van der Waals surface area contributed by atoms with Gasteiger partial charge in [0.15, 0.2) is 0 Å². The number of rotatable bonds is 3. The molecule has 1 aromatic rings. The summed E-state index contributed by atoms with van der Waals surface area (Å²) >= 11 is 0. The standard InChI is InChI=1S/C11H13FO/c1-3-9(8-12)10-6-4-5-7-11(10)13-2/h3-7H,8H2,1-2H3/b9-3+. The number of para-hydroxylation sites is 1. The first kappa shape index (κ1) is 9.78. The SMILES string of the molecule is C/C=C(\CF)c1ccccc1OC. The molecule has 1 rings (SSSR count). The molecular formula is C11H13FO. The maximum absolute atomic E-state index is 12.5. The minimum Gasteiger partial charge on any atom is -0.496 e. The van der Waals surface area contributed by atoms with E-state index < -0.39 is 6.67 Å². The summed E-state index contributed by atoms with van der Waals surface area (Å²) in [7, 11) is 1.59. The summed E-state index contributed by atoms with van der Waals surface area (Å²) < 4.78 is 17.7. The number of hydrogen-bond donors (Lipinski definition) is 0. The summed E-state index contributed by atoms with van der Waals surface area (Å²) in [5, 5.41) is 0. The zero-order valence-electron chi connectivity index (χ0n) is 7.88. The molecule has 2 heteroatoms. The molecule has 0 atom stereocenters. The van der Waals surface area contributed by atoms with Gasteiger partial charge >= 0.3 is 0 Å². The molecule has 0 bridgehead atoms. The predicted molar refractivity (Wildman–Crippen MR) is 52.6 cm³/mol. The molecule has 0 heterocycles. The normalized spacial score (nSPS) is 11.5. The fourth-order valence-corrected chi connectivity index (χ4v) is 1.21. The van der Waals surface area contributed by atoms with E-state index in [-0.39, 0.29) is 0 Å². The number of benzene rings is 1. The van der Waals surface area contributed by atoms with Gasteiger partial charge < -0.3 is 4.74 Å². The Morgan fingerprint density at radius 2 is 2.15 bits per heavy atom. The molecule has 13 heavy (non-hydrogen) atoms. The fourth-order valence-electron chi connectivity index (χ4n) is 1.21. The quantitative estimate of drug-likeness (QED) is 0.694. The molecule has 0 aliphatic heterocycles. The lowest BCUT2D eigenvalue weighted by Crippen LogP contribution is -1.92. The first-order valence-electron chi connectivity index (χ1n) is 4.18. The van der Waals surface area contributed by atoms with Crippen LogP contribution in [0.1, 0.15) is 12.5 Å². The molecule has 0 aromatic heterocycles. The number of alkyl halides is 1. The van der Waals surface area contributed by atoms with E-state index in [1.807, 2.05) is 31.2 Å². The zero-order valence-corrected chi connectivity index (χ0v) is 7.88. The Bertz CT molecular complexity index is 305. The van der Waals surface area contributed by atoms with E-state index >= 15 is 0 Å². The van der Waals surface area contributed by atoms with Gasteiger partial charge in [0.05, 0.1) is 7.11 Å². The monoisotopic (exact) mass is 180 g/mol. The Kier molecular flexibility index (Phi) is 3.50. The highest BCUT2D eigenvalue weighted by molar-refractivity contribution is 5.70. The average molecular weight is 180 g/mol. The molecule has 0 saturated carbocycles. The summed E-state index contributed by atoms with van der Waals surface area (Å²) in [6.45, 7) is 1.36. The van der Waals surface area contributed by atoms with Gasteiger partial charge in [0, 0.05) is 5.56 Å². The van der Waals surface area contributed by atoms with Crippen LogP contribution in [-0.2, 0) is 0 Å². The van der Waals surface area contributed by atoms with Crippen molar-refractivity contribution >= 4 is 5.57 Å². The van der Waals surface area contributed by atoms with Crippen LogP contribution in [0.4, 0.5) is 4.39 Å². The van der Waals surface area contributed by atoms with Crippen molar-refractivity contribution in [1.82, 2.24) is 0 Å². The van der Waals surface area contributed by atoms with Gasteiger partial charge in [-0.25, -0.2) is 4.39 Å². The van der Waals surface area contributed by atoms with Gasteiger partial charge in [0.1, 0.15) is 12.4 Å². The highest BCUT2D eigenvalue weighted by Gasteiger charge is 2.05. The van der Waals surface area contributed by atoms with Crippen molar-refractivity contribution in [2.45, 2.75) is 6.92 Å². The lowest BCUT2D eigenvalue weighted by molar-refractivity contribution is 0.413. The highest BCUT2D eigenvalue weighted by Crippen LogP contribution is 2.25. The maximum atomic E-state index is 12.5. The van der Waals surface area contributed by atoms with E-state index in [2.05, 4.69) is 0 Å². The predicted octanol–water partition coefficient (Wildman–Crippen LogP) is 3.07. The first-order chi connectivity index (χ1) is 6.33. The van der Waals surface area contributed by atoms with Crippen LogP contribution >= 0.6 is 0 Å². The van der Waals surface area contributed by atoms with Crippen LogP contribution in [0.2, 0.25) is 0 Å². The van der Waals surface area contributed by atoms with Gasteiger partial charge in [-0.15, -0.1) is 0 Å². The molecule has 0 spiro atoms. The van der Waals surface area contributed by atoms with E-state index in [1.54, 1.807) is 13.2 Å². The second kappa shape index (κ2) is 4.65. The Morgan fingerprint density at radius 1 is 1.46 bits per heavy atom. The van der Waals surface area contributed by atoms with Crippen molar-refractivity contribution in [3.05, 3.63) is 35.9 Å². The van der Waals surface area contributed by atoms with Crippen molar-refractivity contribution in [3.63, 3.8) is 0 Å². The van der Waals surface area contributed by atoms with E-state index in [1.165, 1.54) is 0 Å². The summed E-state index contributed by atoms with van der Waals surface area (Å²) in [5.41, 5.74) is 1.49. The smallest absolute Gasteiger partial charge is 0.126 e. The third kappa shape index (κ3) is 2.08. The van der Waals surface area contributed by atoms with Gasteiger partial charge in [-0.1, -0.05) is 24.3 Å². The Hall–Kier alpha value is -1.31. The largest absolute Gasteiger partial charge is 0.496 e. The van der Waals surface area contributed by atoms with Crippen molar-refractivity contribution < 1.29 is 9.13 Å². The maximum Gasteiger partial charge on any atom is 0.126 e. The number of hydrogen-bond acceptors (Lipinski definition) is 1. The van der Waals surface area contributed by atoms with Crippen LogP contribution in [0.3, 0.4) is 0 Å². The minimum absolute atomic E-state index is 0.461. The van der Waals surface area contributed by atoms with Crippen LogP contribution in [0.5, 0.6) is 5.75 Å². The highest BCUT2D eigenvalue weighted by atomic mass is 19.1. The molecule has 0 fully saturated rings. The molecule has 70 valence electrons. The van der Waals surface area contributed by atoms with Gasteiger partial charge in [0.25, 0.3) is 0 Å². The molecule has 0 saturated heterocycles. The van der Waals surface area contributed by atoms with Gasteiger partial charge in [-0.05, 0) is 18.6 Å². The third-order valence-electron chi connectivity index (χ3n) is 1.95. The summed E-state index contributed by atoms with van der Waals surface area (Å²) in [6, 6.07) is 7.42. The molecule has 0 N–H and O–H groups in total. The van der Waals surface area contributed by atoms with Crippen molar-refractivity contribution in [2.75, 3.05) is 13.8 Å². The average Bonchev–Trinajstić information content (AvgIpc) is 2.20. The molecule has 1 aromatic carbocycles. The van der Waals surface area contributed by atoms with Crippen LogP contribution in [0.15, 0.2) is 30.3 Å². The van der Waals surface area contributed by atoms with Crippen LogP contribution in [0.25, 0.3) is 5.57 Å². The van der Waals surface area contributed by atoms with E-state index in [0.29, 0.717) is 11.3 Å². The van der Waals surface area contributed by atoms with Crippen LogP contribution in [0, 0.1) is 0 Å². The topological polar surface area (TPSA) is 9.23 Å². The van der Waals surface area contributed by atoms with Gasteiger partial charge in [0.2, 0.25) is 0 Å². The van der Waals surface area contributed by atoms with E-state index in [9.17, 15) is 4.39 Å². The molecule has 1 nitrogen and oxygen atoms in total. The first-order valence-corrected chi connectivity index (χ1v) is 4.18. The lowest BCUT2D eigenvalue weighted by atomic mass is 10.1. The van der Waals surface area contributed by atoms with E-state index in [0.717, 1.165) is 5.56 Å². The minimum atomic E-state index is -0.461. The van der Waals surface area contributed by atoms with Crippen molar-refractivity contribution in [1.29, 1.82) is 0 Å². The summed E-state index contributed by atoms with van der Waals surface area (Å²) in [4.78, 5) is 0. The second-order valence-corrected chi connectivity index (χ2v) is 2.65. The summed E-state index contributed by atoms with van der Waals surface area (Å²) in [6.07, 6.45) is 1.76. The molecule has 0 radical (unpaired) electrons. The number of allylic oxidation sites excluding steroid dienone is 2. The molecular weight excluding hydrogens is 167 g/mol. The zero-order chi connectivity index (χ0) is 9.68. The van der Waals surface area contributed by atoms with Crippen molar-refractivity contribution in [3.8, 4) is 5.75 Å². The van der Waals surface area contributed by atoms with Crippen LogP contribution in [-0.4, -0.2) is 13.8 Å². The number of methoxy groups -OCH3 is 1. The fraction of sp³-hybridized carbons (Fsp3) is 0.273. The Morgan fingerprint density at radius 3 is 2.69 bits per heavy atom. The van der Waals surface area contributed by atoms with E-state index in [4.69, 9.17) is 4.74 Å².